The van der Waals surface area contributed by atoms with E-state index in [4.69, 9.17) is 0 Å². The molecule has 82 valence electrons. The van der Waals surface area contributed by atoms with Crippen molar-refractivity contribution >= 4 is 0 Å². The molecule has 1 fully saturated rings. The molecule has 0 atom stereocenters. The molecule has 0 bridgehead atoms. The van der Waals surface area contributed by atoms with E-state index in [-0.39, 0.29) is 0 Å². The lowest BCUT2D eigenvalue weighted by atomic mass is 9.75. The van der Waals surface area contributed by atoms with Crippen molar-refractivity contribution in [3.8, 4) is 0 Å². The first-order valence-corrected chi connectivity index (χ1v) is 5.98. The molecule has 0 unspecified atom stereocenters. The van der Waals surface area contributed by atoms with E-state index in [9.17, 15) is 0 Å². The van der Waals surface area contributed by atoms with Crippen LogP contribution in [0.4, 0.5) is 0 Å². The summed E-state index contributed by atoms with van der Waals surface area (Å²) in [5.74, 6) is 0.793. The summed E-state index contributed by atoms with van der Waals surface area (Å²) in [4.78, 5) is 0. The van der Waals surface area contributed by atoms with Gasteiger partial charge < -0.3 is 5.32 Å². The lowest BCUT2D eigenvalue weighted by Gasteiger charge is -2.37. The topological polar surface area (TPSA) is 12.0 Å². The van der Waals surface area contributed by atoms with Gasteiger partial charge in [0.1, 0.15) is 0 Å². The maximum Gasteiger partial charge on any atom is 0.00810 e. The van der Waals surface area contributed by atoms with Crippen molar-refractivity contribution in [1.29, 1.82) is 0 Å². The Hall–Kier alpha value is -0.820. The lowest BCUT2D eigenvalue weighted by Crippen LogP contribution is -2.43. The highest BCUT2D eigenvalue weighted by Crippen LogP contribution is 2.36. The molecule has 1 aliphatic rings. The molecule has 2 rings (SSSR count). The maximum atomic E-state index is 3.59. The Morgan fingerprint density at radius 3 is 2.27 bits per heavy atom. The van der Waals surface area contributed by atoms with Crippen molar-refractivity contribution in [2.45, 2.75) is 51.6 Å². The highest BCUT2D eigenvalue weighted by molar-refractivity contribution is 5.26. The summed E-state index contributed by atoms with van der Waals surface area (Å²) >= 11 is 0. The van der Waals surface area contributed by atoms with Gasteiger partial charge in [0, 0.05) is 12.1 Å². The van der Waals surface area contributed by atoms with Gasteiger partial charge in [-0.2, -0.15) is 0 Å². The monoisotopic (exact) mass is 203 g/mol. The smallest absolute Gasteiger partial charge is 0.00810 e. The van der Waals surface area contributed by atoms with Crippen molar-refractivity contribution in [1.82, 2.24) is 5.32 Å². The quantitative estimate of drug-likeness (QED) is 0.795. The normalized spacial score (nSPS) is 25.3. The van der Waals surface area contributed by atoms with Crippen LogP contribution in [0, 0.1) is 6.92 Å². The van der Waals surface area contributed by atoms with Crippen molar-refractivity contribution in [3.63, 3.8) is 0 Å². The van der Waals surface area contributed by atoms with Crippen LogP contribution in [0.3, 0.4) is 0 Å². The van der Waals surface area contributed by atoms with Crippen LogP contribution in [-0.2, 0) is 0 Å². The number of benzene rings is 1. The zero-order valence-corrected chi connectivity index (χ0v) is 9.96. The maximum absolute atomic E-state index is 3.59. The molecule has 0 radical (unpaired) electrons. The summed E-state index contributed by atoms with van der Waals surface area (Å²) in [6.07, 6.45) is 2.61. The van der Waals surface area contributed by atoms with Gasteiger partial charge in [0.05, 0.1) is 0 Å². The summed E-state index contributed by atoms with van der Waals surface area (Å²) in [6, 6.07) is 10.4. The van der Waals surface area contributed by atoms with E-state index in [2.05, 4.69) is 50.4 Å². The van der Waals surface area contributed by atoms with Crippen molar-refractivity contribution in [2.75, 3.05) is 0 Å². The minimum absolute atomic E-state index is 0.619. The molecule has 1 heteroatoms. The second kappa shape index (κ2) is 4.36. The van der Waals surface area contributed by atoms with Gasteiger partial charge >= 0.3 is 0 Å². The number of aryl methyl sites for hydroxylation is 1. The third kappa shape index (κ3) is 2.60. The Labute approximate surface area is 92.9 Å². The second-order valence-electron chi connectivity index (χ2n) is 5.10. The predicted octanol–water partition coefficient (Wildman–Crippen LogP) is 3.24. The SMILES string of the molecule is Cc1ccc(C2CC(NC(C)C)C2)cc1. The third-order valence-corrected chi connectivity index (χ3v) is 3.26. The molecule has 1 aromatic rings. The largest absolute Gasteiger partial charge is 0.312 e. The Morgan fingerprint density at radius 2 is 1.73 bits per heavy atom. The van der Waals surface area contributed by atoms with Gasteiger partial charge in [-0.15, -0.1) is 0 Å². The highest BCUT2D eigenvalue weighted by atomic mass is 15.0. The minimum Gasteiger partial charge on any atom is -0.312 e. The first kappa shape index (κ1) is 10.7. The zero-order valence-electron chi connectivity index (χ0n) is 9.96. The molecule has 15 heavy (non-hydrogen) atoms. The molecule has 0 aromatic heterocycles. The molecule has 1 nitrogen and oxygen atoms in total. The molecule has 0 spiro atoms. The highest BCUT2D eigenvalue weighted by Gasteiger charge is 2.29. The van der Waals surface area contributed by atoms with Crippen LogP contribution in [0.1, 0.15) is 43.7 Å². The Kier molecular flexibility index (Phi) is 3.11. The molecule has 0 heterocycles. The standard InChI is InChI=1S/C14H21N/c1-10(2)15-14-8-13(9-14)12-6-4-11(3)5-7-12/h4-7,10,13-15H,8-9H2,1-3H3. The number of hydrogen-bond donors (Lipinski definition) is 1. The average Bonchev–Trinajstić information content (AvgIpc) is 2.12. The van der Waals surface area contributed by atoms with E-state index < -0.39 is 0 Å². The Balaban J connectivity index is 1.86. The fourth-order valence-corrected chi connectivity index (χ4v) is 2.34. The second-order valence-corrected chi connectivity index (χ2v) is 5.10. The number of hydrogen-bond acceptors (Lipinski definition) is 1. The first-order chi connectivity index (χ1) is 7.15. The van der Waals surface area contributed by atoms with Crippen LogP contribution in [0.5, 0.6) is 0 Å². The number of rotatable bonds is 3. The van der Waals surface area contributed by atoms with Gasteiger partial charge in [-0.1, -0.05) is 43.7 Å². The fourth-order valence-electron chi connectivity index (χ4n) is 2.34. The fraction of sp³-hybridized carbons (Fsp3) is 0.571. The van der Waals surface area contributed by atoms with Crippen molar-refractivity contribution in [2.24, 2.45) is 0 Å². The van der Waals surface area contributed by atoms with E-state index >= 15 is 0 Å². The molecule has 0 saturated heterocycles. The van der Waals surface area contributed by atoms with Gasteiger partial charge in [0.2, 0.25) is 0 Å². The minimum atomic E-state index is 0.619. The van der Waals surface area contributed by atoms with E-state index in [1.807, 2.05) is 0 Å². The van der Waals surface area contributed by atoms with E-state index in [0.717, 1.165) is 12.0 Å². The number of nitrogens with one attached hydrogen (secondary N) is 1. The molecule has 1 N–H and O–H groups in total. The molecule has 1 aromatic carbocycles. The summed E-state index contributed by atoms with van der Waals surface area (Å²) in [6.45, 7) is 6.59. The van der Waals surface area contributed by atoms with Crippen LogP contribution in [0.25, 0.3) is 0 Å². The summed E-state index contributed by atoms with van der Waals surface area (Å²) in [7, 11) is 0. The van der Waals surface area contributed by atoms with Gasteiger partial charge in [-0.3, -0.25) is 0 Å². The van der Waals surface area contributed by atoms with Crippen LogP contribution in [0.2, 0.25) is 0 Å². The first-order valence-electron chi connectivity index (χ1n) is 5.98. The Morgan fingerprint density at radius 1 is 1.13 bits per heavy atom. The van der Waals surface area contributed by atoms with Crippen LogP contribution in [-0.4, -0.2) is 12.1 Å². The van der Waals surface area contributed by atoms with Gasteiger partial charge in [0.15, 0.2) is 0 Å². The third-order valence-electron chi connectivity index (χ3n) is 3.26. The molecule has 1 aliphatic carbocycles. The molecule has 1 saturated carbocycles. The van der Waals surface area contributed by atoms with Crippen LogP contribution < -0.4 is 5.32 Å². The molecular weight excluding hydrogens is 182 g/mol. The zero-order chi connectivity index (χ0) is 10.8. The van der Waals surface area contributed by atoms with Crippen LogP contribution >= 0.6 is 0 Å². The van der Waals surface area contributed by atoms with Gasteiger partial charge in [-0.25, -0.2) is 0 Å². The van der Waals surface area contributed by atoms with E-state index in [0.29, 0.717) is 6.04 Å². The van der Waals surface area contributed by atoms with Crippen LogP contribution in [0.15, 0.2) is 24.3 Å². The van der Waals surface area contributed by atoms with E-state index in [1.165, 1.54) is 24.0 Å². The van der Waals surface area contributed by atoms with E-state index in [1.54, 1.807) is 0 Å². The molecular formula is C14H21N. The summed E-state index contributed by atoms with van der Waals surface area (Å²) in [5, 5.41) is 3.59. The summed E-state index contributed by atoms with van der Waals surface area (Å²) < 4.78 is 0. The lowest BCUT2D eigenvalue weighted by molar-refractivity contribution is 0.275. The van der Waals surface area contributed by atoms with Gasteiger partial charge in [-0.05, 0) is 31.2 Å². The molecule has 0 aliphatic heterocycles. The predicted molar refractivity (Wildman–Crippen MR) is 65.2 cm³/mol. The average molecular weight is 203 g/mol. The Bertz CT molecular complexity index is 307. The van der Waals surface area contributed by atoms with Crippen molar-refractivity contribution in [3.05, 3.63) is 35.4 Å². The van der Waals surface area contributed by atoms with Gasteiger partial charge in [0.25, 0.3) is 0 Å². The van der Waals surface area contributed by atoms with Crippen molar-refractivity contribution < 1.29 is 0 Å². The molecule has 0 amide bonds. The summed E-state index contributed by atoms with van der Waals surface area (Å²) in [5.41, 5.74) is 2.87.